The molecule has 0 unspecified atom stereocenters. The Balaban J connectivity index is 1.58. The van der Waals surface area contributed by atoms with E-state index in [1.165, 1.54) is 0 Å². The molecule has 0 aliphatic heterocycles. The molecule has 27 heavy (non-hydrogen) atoms. The lowest BCUT2D eigenvalue weighted by molar-refractivity contribution is 0.103. The Hall–Kier alpha value is -2.59. The molecule has 0 N–H and O–H groups in total. The second kappa shape index (κ2) is 7.57. The molecule has 2 aromatic carbocycles. The van der Waals surface area contributed by atoms with Crippen LogP contribution in [0, 0.1) is 0 Å². The van der Waals surface area contributed by atoms with Crippen LogP contribution in [0.1, 0.15) is 41.1 Å². The van der Waals surface area contributed by atoms with Gasteiger partial charge >= 0.3 is 0 Å². The molecule has 0 atom stereocenters. The largest absolute Gasteiger partial charge is 0.492 e. The molecule has 1 aliphatic rings. The third-order valence-corrected chi connectivity index (χ3v) is 5.41. The molecule has 0 fully saturated rings. The zero-order valence-corrected chi connectivity index (χ0v) is 16.0. The molecule has 1 aromatic heterocycles. The maximum absolute atomic E-state index is 13.2. The number of carbonyl (C=O) groups excluding carboxylic acids is 1. The molecule has 0 bridgehead atoms. The van der Waals surface area contributed by atoms with Gasteiger partial charge in [0.1, 0.15) is 23.7 Å². The first-order valence-corrected chi connectivity index (χ1v) is 9.74. The minimum absolute atomic E-state index is 0.0529. The fourth-order valence-electron chi connectivity index (χ4n) is 3.82. The average Bonchev–Trinajstić information content (AvgIpc) is 3.01. The molecule has 1 heterocycles. The van der Waals surface area contributed by atoms with Crippen LogP contribution in [0.4, 0.5) is 0 Å². The molecule has 0 radical (unpaired) electrons. The number of ketones is 1. The van der Waals surface area contributed by atoms with Gasteiger partial charge in [-0.3, -0.25) is 4.79 Å². The lowest BCUT2D eigenvalue weighted by Crippen LogP contribution is -2.27. The molecule has 0 amide bonds. The molecule has 4 heteroatoms. The summed E-state index contributed by atoms with van der Waals surface area (Å²) in [5.74, 6) is 1.68. The van der Waals surface area contributed by atoms with Crippen molar-refractivity contribution in [2.75, 3.05) is 26.2 Å². The first kappa shape index (κ1) is 17.8. The average molecular weight is 363 g/mol. The van der Waals surface area contributed by atoms with Gasteiger partial charge in [0, 0.05) is 23.9 Å². The van der Waals surface area contributed by atoms with Gasteiger partial charge in [0.2, 0.25) is 0 Å². The van der Waals surface area contributed by atoms with E-state index in [1.807, 2.05) is 42.5 Å². The van der Waals surface area contributed by atoms with E-state index in [9.17, 15) is 4.79 Å². The number of carbonyl (C=O) groups is 1. The van der Waals surface area contributed by atoms with E-state index in [0.717, 1.165) is 71.6 Å². The summed E-state index contributed by atoms with van der Waals surface area (Å²) < 4.78 is 11.9. The minimum atomic E-state index is 0.0529. The lowest BCUT2D eigenvalue weighted by atomic mass is 9.98. The summed E-state index contributed by atoms with van der Waals surface area (Å²) in [7, 11) is 0. The molecule has 3 aromatic rings. The highest BCUT2D eigenvalue weighted by molar-refractivity contribution is 6.17. The quantitative estimate of drug-likeness (QED) is 0.647. The van der Waals surface area contributed by atoms with Crippen molar-refractivity contribution < 1.29 is 13.9 Å². The molecular weight excluding hydrogens is 338 g/mol. The van der Waals surface area contributed by atoms with Crippen molar-refractivity contribution in [3.05, 3.63) is 64.9 Å². The second-order valence-corrected chi connectivity index (χ2v) is 6.92. The summed E-state index contributed by atoms with van der Waals surface area (Å²) in [5, 5.41) is 0.907. The number of rotatable bonds is 6. The predicted molar refractivity (Wildman–Crippen MR) is 107 cm³/mol. The molecule has 4 rings (SSSR count). The standard InChI is InChI=1S/C23H25NO3/c1-3-24(4-2)13-14-26-17-10-11-18-16(15-17)9-12-21-22(23(18)25)19-7-5-6-8-20(19)27-21/h5-8,10-11,15H,3-4,9,12-14H2,1-2H3. The van der Waals surface area contributed by atoms with Gasteiger partial charge in [-0.2, -0.15) is 0 Å². The van der Waals surface area contributed by atoms with E-state index >= 15 is 0 Å². The number of aryl methyl sites for hydroxylation is 2. The SMILES string of the molecule is CCN(CC)CCOc1ccc2c(c1)CCc1oc3ccccc3c1C2=O. The Morgan fingerprint density at radius 3 is 2.70 bits per heavy atom. The zero-order chi connectivity index (χ0) is 18.8. The van der Waals surface area contributed by atoms with E-state index in [-0.39, 0.29) is 5.78 Å². The van der Waals surface area contributed by atoms with Crippen LogP contribution in [-0.2, 0) is 12.8 Å². The van der Waals surface area contributed by atoms with Gasteiger partial charge < -0.3 is 14.1 Å². The van der Waals surface area contributed by atoms with Crippen LogP contribution >= 0.6 is 0 Å². The van der Waals surface area contributed by atoms with Crippen molar-refractivity contribution in [3.63, 3.8) is 0 Å². The Labute approximate surface area is 159 Å². The highest BCUT2D eigenvalue weighted by atomic mass is 16.5. The number of hydrogen-bond acceptors (Lipinski definition) is 4. The van der Waals surface area contributed by atoms with Crippen LogP contribution < -0.4 is 4.74 Å². The van der Waals surface area contributed by atoms with Crippen LogP contribution in [0.2, 0.25) is 0 Å². The maximum atomic E-state index is 13.2. The minimum Gasteiger partial charge on any atom is -0.492 e. The zero-order valence-electron chi connectivity index (χ0n) is 16.0. The van der Waals surface area contributed by atoms with E-state index in [1.54, 1.807) is 0 Å². The summed E-state index contributed by atoms with van der Waals surface area (Å²) in [5.41, 5.74) is 3.31. The van der Waals surface area contributed by atoms with Gasteiger partial charge in [-0.25, -0.2) is 0 Å². The van der Waals surface area contributed by atoms with Gasteiger partial charge in [0.25, 0.3) is 0 Å². The van der Waals surface area contributed by atoms with Crippen LogP contribution in [0.25, 0.3) is 11.0 Å². The number of nitrogens with zero attached hydrogens (tertiary/aromatic N) is 1. The second-order valence-electron chi connectivity index (χ2n) is 6.92. The highest BCUT2D eigenvalue weighted by Crippen LogP contribution is 2.33. The van der Waals surface area contributed by atoms with Gasteiger partial charge in [0.05, 0.1) is 5.56 Å². The summed E-state index contributed by atoms with van der Waals surface area (Å²) in [6, 6.07) is 13.6. The molecule has 0 saturated carbocycles. The van der Waals surface area contributed by atoms with Gasteiger partial charge in [-0.15, -0.1) is 0 Å². The normalized spacial score (nSPS) is 13.5. The number of ether oxygens (including phenoxy) is 1. The summed E-state index contributed by atoms with van der Waals surface area (Å²) in [6.07, 6.45) is 1.51. The van der Waals surface area contributed by atoms with Crippen LogP contribution in [0.15, 0.2) is 46.9 Å². The topological polar surface area (TPSA) is 42.7 Å². The van der Waals surface area contributed by atoms with E-state index in [0.29, 0.717) is 6.61 Å². The molecule has 0 saturated heterocycles. The van der Waals surface area contributed by atoms with Gasteiger partial charge in [-0.1, -0.05) is 32.0 Å². The van der Waals surface area contributed by atoms with E-state index in [2.05, 4.69) is 18.7 Å². The third kappa shape index (κ3) is 3.37. The van der Waals surface area contributed by atoms with E-state index < -0.39 is 0 Å². The maximum Gasteiger partial charge on any atom is 0.197 e. The predicted octanol–water partition coefficient (Wildman–Crippen LogP) is 4.48. The Morgan fingerprint density at radius 2 is 1.89 bits per heavy atom. The number of furan rings is 1. The van der Waals surface area contributed by atoms with Crippen LogP contribution in [-0.4, -0.2) is 36.9 Å². The number of para-hydroxylation sites is 1. The molecule has 1 aliphatic carbocycles. The third-order valence-electron chi connectivity index (χ3n) is 5.41. The summed E-state index contributed by atoms with van der Waals surface area (Å²) >= 11 is 0. The monoisotopic (exact) mass is 363 g/mol. The smallest absolute Gasteiger partial charge is 0.197 e. The number of benzene rings is 2. The van der Waals surface area contributed by atoms with Crippen molar-refractivity contribution in [2.24, 2.45) is 0 Å². The van der Waals surface area contributed by atoms with Crippen LogP contribution in [0.3, 0.4) is 0 Å². The summed E-state index contributed by atoms with van der Waals surface area (Å²) in [6.45, 7) is 7.92. The van der Waals surface area contributed by atoms with Crippen molar-refractivity contribution in [3.8, 4) is 5.75 Å². The van der Waals surface area contributed by atoms with Crippen molar-refractivity contribution in [2.45, 2.75) is 26.7 Å². The van der Waals surface area contributed by atoms with Crippen molar-refractivity contribution in [1.29, 1.82) is 0 Å². The highest BCUT2D eigenvalue weighted by Gasteiger charge is 2.27. The lowest BCUT2D eigenvalue weighted by Gasteiger charge is -2.18. The Morgan fingerprint density at radius 1 is 1.07 bits per heavy atom. The number of hydrogen-bond donors (Lipinski definition) is 0. The van der Waals surface area contributed by atoms with Crippen LogP contribution in [0.5, 0.6) is 5.75 Å². The molecular formula is C23H25NO3. The fraction of sp³-hybridized carbons (Fsp3) is 0.348. The fourth-order valence-corrected chi connectivity index (χ4v) is 3.82. The van der Waals surface area contributed by atoms with E-state index in [4.69, 9.17) is 9.15 Å². The Bertz CT molecular complexity index is 969. The molecule has 140 valence electrons. The van der Waals surface area contributed by atoms with Gasteiger partial charge in [0.15, 0.2) is 5.78 Å². The first-order valence-electron chi connectivity index (χ1n) is 9.74. The Kier molecular flexibility index (Phi) is 4.99. The molecule has 4 nitrogen and oxygen atoms in total. The first-order chi connectivity index (χ1) is 13.2. The summed E-state index contributed by atoms with van der Waals surface area (Å²) in [4.78, 5) is 15.5. The number of fused-ring (bicyclic) bond motifs is 4. The van der Waals surface area contributed by atoms with Crippen molar-refractivity contribution in [1.82, 2.24) is 4.90 Å². The molecule has 0 spiro atoms. The van der Waals surface area contributed by atoms with Crippen molar-refractivity contribution >= 4 is 16.8 Å². The van der Waals surface area contributed by atoms with Gasteiger partial charge in [-0.05, 0) is 49.3 Å². The number of likely N-dealkylation sites (N-methyl/N-ethyl adjacent to an activating group) is 1.